The number of benzene rings is 1. The van der Waals surface area contributed by atoms with Crippen LogP contribution in [0.3, 0.4) is 0 Å². The predicted molar refractivity (Wildman–Crippen MR) is 84.4 cm³/mol. The zero-order valence-corrected chi connectivity index (χ0v) is 12.9. The van der Waals surface area contributed by atoms with Crippen molar-refractivity contribution in [3.8, 4) is 11.8 Å². The van der Waals surface area contributed by atoms with Crippen molar-refractivity contribution in [1.29, 1.82) is 0 Å². The zero-order chi connectivity index (χ0) is 14.8. The van der Waals surface area contributed by atoms with Crippen molar-refractivity contribution in [3.05, 3.63) is 35.4 Å². The molecule has 0 radical (unpaired) electrons. The fraction of sp³-hybridized carbons (Fsp3) is 0.529. The monoisotopic (exact) mass is 274 g/mol. The summed E-state index contributed by atoms with van der Waals surface area (Å²) in [7, 11) is 1.75. The van der Waals surface area contributed by atoms with E-state index in [2.05, 4.69) is 54.9 Å². The van der Waals surface area contributed by atoms with Crippen molar-refractivity contribution in [2.45, 2.75) is 32.9 Å². The smallest absolute Gasteiger partial charge is 0.0589 e. The van der Waals surface area contributed by atoms with E-state index in [4.69, 9.17) is 10.5 Å². The lowest BCUT2D eigenvalue weighted by Gasteiger charge is -2.28. The summed E-state index contributed by atoms with van der Waals surface area (Å²) in [5.74, 6) is 5.92. The van der Waals surface area contributed by atoms with Crippen molar-refractivity contribution < 1.29 is 4.74 Å². The first-order valence-corrected chi connectivity index (χ1v) is 7.22. The third kappa shape index (κ3) is 5.75. The van der Waals surface area contributed by atoms with Crippen LogP contribution in [0.25, 0.3) is 0 Å². The highest BCUT2D eigenvalue weighted by Gasteiger charge is 2.12. The quantitative estimate of drug-likeness (QED) is 0.775. The second kappa shape index (κ2) is 9.55. The molecule has 0 heterocycles. The van der Waals surface area contributed by atoms with Gasteiger partial charge >= 0.3 is 0 Å². The van der Waals surface area contributed by atoms with E-state index < -0.39 is 0 Å². The molecule has 0 saturated carbocycles. The number of hydrogen-bond donors (Lipinski definition) is 1. The van der Waals surface area contributed by atoms with E-state index in [-0.39, 0.29) is 0 Å². The van der Waals surface area contributed by atoms with Crippen molar-refractivity contribution in [2.24, 2.45) is 5.73 Å². The van der Waals surface area contributed by atoms with Crippen molar-refractivity contribution >= 4 is 0 Å². The van der Waals surface area contributed by atoms with Crippen LogP contribution < -0.4 is 5.73 Å². The van der Waals surface area contributed by atoms with Crippen LogP contribution in [0.5, 0.6) is 0 Å². The Morgan fingerprint density at radius 2 is 2.00 bits per heavy atom. The van der Waals surface area contributed by atoms with E-state index in [0.29, 0.717) is 12.6 Å². The highest BCUT2D eigenvalue weighted by atomic mass is 16.5. The van der Waals surface area contributed by atoms with Crippen LogP contribution in [0.4, 0.5) is 0 Å². The van der Waals surface area contributed by atoms with Crippen LogP contribution in [0.2, 0.25) is 0 Å². The maximum Gasteiger partial charge on any atom is 0.0589 e. The van der Waals surface area contributed by atoms with Gasteiger partial charge in [-0.25, -0.2) is 0 Å². The molecule has 1 rings (SSSR count). The van der Waals surface area contributed by atoms with Gasteiger partial charge in [0.2, 0.25) is 0 Å². The van der Waals surface area contributed by atoms with Gasteiger partial charge in [-0.2, -0.15) is 0 Å². The van der Waals surface area contributed by atoms with E-state index in [9.17, 15) is 0 Å². The van der Waals surface area contributed by atoms with Crippen LogP contribution in [0.15, 0.2) is 24.3 Å². The number of ether oxygens (including phenoxy) is 1. The Balaban J connectivity index is 2.67. The molecule has 110 valence electrons. The fourth-order valence-corrected chi connectivity index (χ4v) is 2.00. The summed E-state index contributed by atoms with van der Waals surface area (Å²) in [6.07, 6.45) is 1.14. The summed E-state index contributed by atoms with van der Waals surface area (Å²) in [6.45, 7) is 7.56. The molecule has 1 unspecified atom stereocenters. The molecule has 1 aromatic carbocycles. The molecular formula is C17H26N2O. The molecule has 0 aliphatic rings. The van der Waals surface area contributed by atoms with Crippen LogP contribution >= 0.6 is 0 Å². The minimum Gasteiger partial charge on any atom is -0.383 e. The maximum absolute atomic E-state index is 5.38. The number of hydrogen-bond acceptors (Lipinski definition) is 3. The van der Waals surface area contributed by atoms with E-state index in [0.717, 1.165) is 31.7 Å². The van der Waals surface area contributed by atoms with E-state index >= 15 is 0 Å². The van der Waals surface area contributed by atoms with Crippen molar-refractivity contribution in [1.82, 2.24) is 4.90 Å². The van der Waals surface area contributed by atoms with Gasteiger partial charge in [-0.3, -0.25) is 4.90 Å². The summed E-state index contributed by atoms with van der Waals surface area (Å²) in [6, 6.07) is 8.96. The number of nitrogens with zero attached hydrogens (tertiary/aromatic N) is 1. The lowest BCUT2D eigenvalue weighted by molar-refractivity contribution is 0.118. The predicted octanol–water partition coefficient (Wildman–Crippen LogP) is 2.24. The van der Waals surface area contributed by atoms with Crippen LogP contribution in [0, 0.1) is 11.8 Å². The van der Waals surface area contributed by atoms with Crippen molar-refractivity contribution in [3.63, 3.8) is 0 Å². The molecule has 3 heteroatoms. The normalized spacial score (nSPS) is 12.1. The lowest BCUT2D eigenvalue weighted by Crippen LogP contribution is -2.34. The van der Waals surface area contributed by atoms with Crippen LogP contribution in [0.1, 0.15) is 31.4 Å². The molecule has 1 aromatic rings. The summed E-state index contributed by atoms with van der Waals surface area (Å²) >= 11 is 0. The van der Waals surface area contributed by atoms with Crippen LogP contribution in [-0.2, 0) is 11.3 Å². The minimum absolute atomic E-state index is 0.403. The summed E-state index contributed by atoms with van der Waals surface area (Å²) in [5.41, 5.74) is 7.70. The Hall–Kier alpha value is -1.34. The maximum atomic E-state index is 5.38. The van der Waals surface area contributed by atoms with E-state index in [1.807, 2.05) is 0 Å². The SMILES string of the molecule is CCC(C)N(CCOC)Cc1ccc(C#CCN)cc1. The second-order valence-electron chi connectivity index (χ2n) is 4.92. The second-order valence-corrected chi connectivity index (χ2v) is 4.92. The topological polar surface area (TPSA) is 38.5 Å². The molecule has 20 heavy (non-hydrogen) atoms. The average molecular weight is 274 g/mol. The standard InChI is InChI=1S/C17H26N2O/c1-4-15(2)19(12-13-20-3)14-17-9-7-16(8-10-17)6-5-11-18/h7-10,15H,4,11-14,18H2,1-3H3. The molecule has 0 saturated heterocycles. The van der Waals surface area contributed by atoms with Gasteiger partial charge in [-0.05, 0) is 31.0 Å². The molecule has 0 aliphatic heterocycles. The Bertz CT molecular complexity index is 431. The van der Waals surface area contributed by atoms with Crippen LogP contribution in [-0.4, -0.2) is 37.7 Å². The average Bonchev–Trinajstić information content (AvgIpc) is 2.49. The third-order valence-electron chi connectivity index (χ3n) is 3.47. The molecule has 0 spiro atoms. The fourth-order valence-electron chi connectivity index (χ4n) is 2.00. The Morgan fingerprint density at radius 3 is 2.55 bits per heavy atom. The molecule has 0 aromatic heterocycles. The van der Waals surface area contributed by atoms with Gasteiger partial charge in [0.25, 0.3) is 0 Å². The summed E-state index contributed by atoms with van der Waals surface area (Å²) < 4.78 is 5.20. The summed E-state index contributed by atoms with van der Waals surface area (Å²) in [5, 5.41) is 0. The lowest BCUT2D eigenvalue weighted by atomic mass is 10.1. The highest BCUT2D eigenvalue weighted by Crippen LogP contribution is 2.11. The van der Waals surface area contributed by atoms with E-state index in [1.165, 1.54) is 5.56 Å². The Labute approximate surface area is 123 Å². The van der Waals surface area contributed by atoms with Gasteiger partial charge in [0.1, 0.15) is 0 Å². The largest absolute Gasteiger partial charge is 0.383 e. The molecule has 3 nitrogen and oxygen atoms in total. The molecule has 0 bridgehead atoms. The van der Waals surface area contributed by atoms with Gasteiger partial charge < -0.3 is 10.5 Å². The number of nitrogens with two attached hydrogens (primary N) is 1. The van der Waals surface area contributed by atoms with Gasteiger partial charge in [0.15, 0.2) is 0 Å². The molecule has 2 N–H and O–H groups in total. The molecule has 0 aliphatic carbocycles. The minimum atomic E-state index is 0.403. The molecule has 0 fully saturated rings. The first-order chi connectivity index (χ1) is 9.71. The first kappa shape index (κ1) is 16.7. The van der Waals surface area contributed by atoms with Gasteiger partial charge in [0.05, 0.1) is 13.2 Å². The Kier molecular flexibility index (Phi) is 7.98. The zero-order valence-electron chi connectivity index (χ0n) is 12.9. The molecular weight excluding hydrogens is 248 g/mol. The van der Waals surface area contributed by atoms with Gasteiger partial charge in [0, 0.05) is 31.8 Å². The summed E-state index contributed by atoms with van der Waals surface area (Å²) in [4.78, 5) is 2.45. The molecule has 0 amide bonds. The van der Waals surface area contributed by atoms with E-state index in [1.54, 1.807) is 7.11 Å². The van der Waals surface area contributed by atoms with Gasteiger partial charge in [-0.1, -0.05) is 30.9 Å². The highest BCUT2D eigenvalue weighted by molar-refractivity contribution is 5.36. The third-order valence-corrected chi connectivity index (χ3v) is 3.47. The number of rotatable bonds is 7. The number of methoxy groups -OCH3 is 1. The Morgan fingerprint density at radius 1 is 1.30 bits per heavy atom. The van der Waals surface area contributed by atoms with Gasteiger partial charge in [-0.15, -0.1) is 0 Å². The first-order valence-electron chi connectivity index (χ1n) is 7.22. The molecule has 1 atom stereocenters. The van der Waals surface area contributed by atoms with Crippen molar-refractivity contribution in [2.75, 3.05) is 26.8 Å².